The number of ether oxygens (including phenoxy) is 1. The summed E-state index contributed by atoms with van der Waals surface area (Å²) in [6.07, 6.45) is 3.11. The summed E-state index contributed by atoms with van der Waals surface area (Å²) in [6.45, 7) is 6.37. The van der Waals surface area contributed by atoms with Crippen LogP contribution >= 0.6 is 31.9 Å². The van der Waals surface area contributed by atoms with Crippen LogP contribution < -0.4 is 4.74 Å². The number of halogens is 2. The molecular formula is C22H27Br2NO2. The normalized spacial score (nSPS) is 10.7. The molecule has 2 aromatic carbocycles. The highest BCUT2D eigenvalue weighted by Gasteiger charge is 2.18. The molecule has 0 heterocycles. The Morgan fingerprint density at radius 1 is 1.04 bits per heavy atom. The van der Waals surface area contributed by atoms with Gasteiger partial charge >= 0.3 is 0 Å². The van der Waals surface area contributed by atoms with Crippen LogP contribution in [0.3, 0.4) is 0 Å². The first kappa shape index (κ1) is 22.0. The van der Waals surface area contributed by atoms with E-state index in [1.54, 1.807) is 0 Å². The molecule has 3 nitrogen and oxygen atoms in total. The van der Waals surface area contributed by atoms with E-state index in [9.17, 15) is 4.79 Å². The minimum atomic E-state index is 0.150. The third kappa shape index (κ3) is 6.96. The molecule has 0 aromatic heterocycles. The SMILES string of the molecule is CCCN(CCC)C(=O)Cc1cc(Br)cc(Br)c1OCCc1ccccc1. The van der Waals surface area contributed by atoms with Crippen molar-refractivity contribution in [1.29, 1.82) is 0 Å². The van der Waals surface area contributed by atoms with Gasteiger partial charge in [0.2, 0.25) is 5.91 Å². The molecule has 1 amide bonds. The van der Waals surface area contributed by atoms with E-state index in [-0.39, 0.29) is 5.91 Å². The van der Waals surface area contributed by atoms with Crippen LogP contribution in [0.2, 0.25) is 0 Å². The Hall–Kier alpha value is -1.33. The molecule has 0 fully saturated rings. The molecule has 0 aliphatic rings. The molecule has 2 rings (SSSR count). The maximum atomic E-state index is 12.8. The van der Waals surface area contributed by atoms with Crippen molar-refractivity contribution in [3.8, 4) is 5.75 Å². The first-order chi connectivity index (χ1) is 13.0. The maximum Gasteiger partial charge on any atom is 0.227 e. The average Bonchev–Trinajstić information content (AvgIpc) is 2.64. The second kappa shape index (κ2) is 11.5. The third-order valence-electron chi connectivity index (χ3n) is 4.25. The van der Waals surface area contributed by atoms with Gasteiger partial charge in [-0.15, -0.1) is 0 Å². The van der Waals surface area contributed by atoms with E-state index < -0.39 is 0 Å². The van der Waals surface area contributed by atoms with Crippen LogP contribution in [0.25, 0.3) is 0 Å². The predicted molar refractivity (Wildman–Crippen MR) is 118 cm³/mol. The topological polar surface area (TPSA) is 29.5 Å². The van der Waals surface area contributed by atoms with E-state index in [1.807, 2.05) is 35.2 Å². The van der Waals surface area contributed by atoms with Crippen molar-refractivity contribution in [3.05, 3.63) is 62.5 Å². The standard InChI is InChI=1S/C22H27Br2NO2/c1-3-11-25(12-4-2)21(26)15-18-14-19(23)16-20(24)22(18)27-13-10-17-8-6-5-7-9-17/h5-9,14,16H,3-4,10-13,15H2,1-2H3. The first-order valence-electron chi connectivity index (χ1n) is 9.47. The van der Waals surface area contributed by atoms with Gasteiger partial charge in [-0.05, 0) is 46.5 Å². The summed E-state index contributed by atoms with van der Waals surface area (Å²) in [5.74, 6) is 0.909. The van der Waals surface area contributed by atoms with Gasteiger partial charge in [0.25, 0.3) is 0 Å². The summed E-state index contributed by atoms with van der Waals surface area (Å²) < 4.78 is 7.89. The summed E-state index contributed by atoms with van der Waals surface area (Å²) in [4.78, 5) is 14.7. The smallest absolute Gasteiger partial charge is 0.227 e. The Labute approximate surface area is 179 Å². The van der Waals surface area contributed by atoms with Gasteiger partial charge in [-0.2, -0.15) is 0 Å². The van der Waals surface area contributed by atoms with E-state index >= 15 is 0 Å². The third-order valence-corrected chi connectivity index (χ3v) is 5.29. The van der Waals surface area contributed by atoms with Crippen LogP contribution in [0, 0.1) is 0 Å². The summed E-state index contributed by atoms with van der Waals surface area (Å²) in [5, 5.41) is 0. The monoisotopic (exact) mass is 495 g/mol. The van der Waals surface area contributed by atoms with Crippen molar-refractivity contribution in [2.45, 2.75) is 39.5 Å². The first-order valence-corrected chi connectivity index (χ1v) is 11.1. The van der Waals surface area contributed by atoms with Gasteiger partial charge in [-0.25, -0.2) is 0 Å². The quantitative estimate of drug-likeness (QED) is 0.402. The van der Waals surface area contributed by atoms with Crippen LogP contribution in [0.1, 0.15) is 37.8 Å². The van der Waals surface area contributed by atoms with E-state index in [0.717, 1.165) is 52.6 Å². The molecule has 0 radical (unpaired) electrons. The highest BCUT2D eigenvalue weighted by molar-refractivity contribution is 9.11. The van der Waals surface area contributed by atoms with Crippen molar-refractivity contribution in [2.75, 3.05) is 19.7 Å². The fourth-order valence-corrected chi connectivity index (χ4v) is 4.43. The second-order valence-corrected chi connectivity index (χ2v) is 8.29. The van der Waals surface area contributed by atoms with Crippen LogP contribution in [-0.2, 0) is 17.6 Å². The number of carbonyl (C=O) groups excluding carboxylic acids is 1. The summed E-state index contributed by atoms with van der Waals surface area (Å²) in [6, 6.07) is 14.2. The van der Waals surface area contributed by atoms with Gasteiger partial charge < -0.3 is 9.64 Å². The van der Waals surface area contributed by atoms with Crippen molar-refractivity contribution < 1.29 is 9.53 Å². The Bertz CT molecular complexity index is 729. The van der Waals surface area contributed by atoms with Crippen LogP contribution in [0.4, 0.5) is 0 Å². The summed E-state index contributed by atoms with van der Waals surface area (Å²) in [7, 11) is 0. The van der Waals surface area contributed by atoms with Gasteiger partial charge in [-0.1, -0.05) is 60.1 Å². The molecule has 27 heavy (non-hydrogen) atoms. The fourth-order valence-electron chi connectivity index (χ4n) is 3.00. The molecule has 2 aromatic rings. The molecule has 0 saturated carbocycles. The number of carbonyl (C=O) groups is 1. The zero-order valence-corrected chi connectivity index (χ0v) is 19.2. The average molecular weight is 497 g/mol. The molecule has 146 valence electrons. The van der Waals surface area contributed by atoms with E-state index in [1.165, 1.54) is 5.56 Å². The molecule has 0 atom stereocenters. The number of hydrogen-bond donors (Lipinski definition) is 0. The zero-order chi connectivity index (χ0) is 19.6. The number of benzene rings is 2. The van der Waals surface area contributed by atoms with Crippen molar-refractivity contribution in [3.63, 3.8) is 0 Å². The number of amides is 1. The lowest BCUT2D eigenvalue weighted by Crippen LogP contribution is -2.33. The number of nitrogens with zero attached hydrogens (tertiary/aromatic N) is 1. The highest BCUT2D eigenvalue weighted by atomic mass is 79.9. The molecular weight excluding hydrogens is 470 g/mol. The Kier molecular flexibility index (Phi) is 9.35. The molecule has 0 aliphatic heterocycles. The Morgan fingerprint density at radius 3 is 2.33 bits per heavy atom. The van der Waals surface area contributed by atoms with Crippen LogP contribution in [0.5, 0.6) is 5.75 Å². The number of rotatable bonds is 10. The molecule has 0 aliphatic carbocycles. The maximum absolute atomic E-state index is 12.8. The molecule has 0 spiro atoms. The fraction of sp³-hybridized carbons (Fsp3) is 0.409. The molecule has 0 saturated heterocycles. The molecule has 0 N–H and O–H groups in total. The van der Waals surface area contributed by atoms with Crippen molar-refractivity contribution >= 4 is 37.8 Å². The zero-order valence-electron chi connectivity index (χ0n) is 16.0. The largest absolute Gasteiger partial charge is 0.492 e. The lowest BCUT2D eigenvalue weighted by atomic mass is 10.1. The van der Waals surface area contributed by atoms with Gasteiger partial charge in [-0.3, -0.25) is 4.79 Å². The molecule has 5 heteroatoms. The van der Waals surface area contributed by atoms with Crippen LogP contribution in [-0.4, -0.2) is 30.5 Å². The van der Waals surface area contributed by atoms with E-state index in [0.29, 0.717) is 13.0 Å². The van der Waals surface area contributed by atoms with Crippen molar-refractivity contribution in [1.82, 2.24) is 4.90 Å². The minimum Gasteiger partial charge on any atom is -0.492 e. The van der Waals surface area contributed by atoms with Gasteiger partial charge in [0.1, 0.15) is 5.75 Å². The predicted octanol–water partition coefficient (Wildman–Crippen LogP) is 6.02. The van der Waals surface area contributed by atoms with Gasteiger partial charge in [0.05, 0.1) is 17.5 Å². The lowest BCUT2D eigenvalue weighted by Gasteiger charge is -2.22. The summed E-state index contributed by atoms with van der Waals surface area (Å²) >= 11 is 7.12. The Morgan fingerprint density at radius 2 is 1.70 bits per heavy atom. The molecule has 0 bridgehead atoms. The van der Waals surface area contributed by atoms with Crippen molar-refractivity contribution in [2.24, 2.45) is 0 Å². The Balaban J connectivity index is 2.11. The lowest BCUT2D eigenvalue weighted by molar-refractivity contribution is -0.130. The van der Waals surface area contributed by atoms with E-state index in [4.69, 9.17) is 4.74 Å². The van der Waals surface area contributed by atoms with Crippen LogP contribution in [0.15, 0.2) is 51.4 Å². The van der Waals surface area contributed by atoms with E-state index in [2.05, 4.69) is 57.8 Å². The summed E-state index contributed by atoms with van der Waals surface area (Å²) in [5.41, 5.74) is 2.15. The minimum absolute atomic E-state index is 0.150. The second-order valence-electron chi connectivity index (χ2n) is 6.52. The van der Waals surface area contributed by atoms with Gasteiger partial charge in [0, 0.05) is 29.5 Å². The highest BCUT2D eigenvalue weighted by Crippen LogP contribution is 2.33. The van der Waals surface area contributed by atoms with Gasteiger partial charge in [0.15, 0.2) is 0 Å². The molecule has 0 unspecified atom stereocenters. The number of hydrogen-bond acceptors (Lipinski definition) is 2.